The van der Waals surface area contributed by atoms with E-state index in [4.69, 9.17) is 4.74 Å². The quantitative estimate of drug-likeness (QED) is 0.844. The molecule has 0 aliphatic carbocycles. The van der Waals surface area contributed by atoms with Gasteiger partial charge in [0.2, 0.25) is 11.8 Å². The minimum Gasteiger partial charge on any atom is -0.496 e. The number of benzene rings is 1. The lowest BCUT2D eigenvalue weighted by molar-refractivity contribution is -0.128. The number of hydrogen-bond donors (Lipinski definition) is 2. The fourth-order valence-electron chi connectivity index (χ4n) is 1.81. The van der Waals surface area contributed by atoms with Crippen molar-refractivity contribution in [1.29, 1.82) is 0 Å². The third-order valence-electron chi connectivity index (χ3n) is 2.78. The van der Waals surface area contributed by atoms with E-state index in [1.54, 1.807) is 14.0 Å². The molecular weight excluding hydrogens is 244 g/mol. The number of para-hydroxylation sites is 1. The normalized spacial score (nSPS) is 13.3. The first kappa shape index (κ1) is 15.0. The summed E-state index contributed by atoms with van der Waals surface area (Å²) in [6.45, 7) is 4.90. The van der Waals surface area contributed by atoms with Crippen molar-refractivity contribution in [1.82, 2.24) is 10.6 Å². The predicted octanol–water partition coefficient (Wildman–Crippen LogP) is 1.40. The molecule has 5 heteroatoms. The molecule has 1 aromatic rings. The molecule has 104 valence electrons. The van der Waals surface area contributed by atoms with Crippen LogP contribution in [0.3, 0.4) is 0 Å². The maximum absolute atomic E-state index is 11.9. The Morgan fingerprint density at radius 3 is 2.37 bits per heavy atom. The van der Waals surface area contributed by atoms with E-state index in [0.29, 0.717) is 0 Å². The Balaban J connectivity index is 2.71. The Morgan fingerprint density at radius 1 is 1.16 bits per heavy atom. The summed E-state index contributed by atoms with van der Waals surface area (Å²) in [7, 11) is 1.59. The van der Waals surface area contributed by atoms with E-state index in [-0.39, 0.29) is 17.9 Å². The highest BCUT2D eigenvalue weighted by Gasteiger charge is 2.18. The van der Waals surface area contributed by atoms with Gasteiger partial charge in [-0.25, -0.2) is 0 Å². The molecule has 0 saturated carbocycles. The van der Waals surface area contributed by atoms with Crippen LogP contribution >= 0.6 is 0 Å². The summed E-state index contributed by atoms with van der Waals surface area (Å²) < 4.78 is 5.25. The minimum atomic E-state index is -0.561. The molecule has 0 fully saturated rings. The summed E-state index contributed by atoms with van der Waals surface area (Å²) >= 11 is 0. The highest BCUT2D eigenvalue weighted by atomic mass is 16.5. The Labute approximate surface area is 113 Å². The van der Waals surface area contributed by atoms with Gasteiger partial charge in [-0.2, -0.15) is 0 Å². The molecule has 0 radical (unpaired) electrons. The molecule has 0 aromatic heterocycles. The molecule has 5 nitrogen and oxygen atoms in total. The average molecular weight is 264 g/mol. The topological polar surface area (TPSA) is 67.4 Å². The molecule has 0 heterocycles. The number of amides is 2. The van der Waals surface area contributed by atoms with Gasteiger partial charge in [0.05, 0.1) is 13.2 Å². The molecule has 0 aliphatic heterocycles. The van der Waals surface area contributed by atoms with Crippen molar-refractivity contribution >= 4 is 11.8 Å². The van der Waals surface area contributed by atoms with Gasteiger partial charge in [-0.3, -0.25) is 9.59 Å². The number of ether oxygens (including phenoxy) is 1. The Bertz CT molecular complexity index is 460. The average Bonchev–Trinajstić information content (AvgIpc) is 2.37. The zero-order valence-electron chi connectivity index (χ0n) is 11.7. The number of nitrogens with one attached hydrogen (secondary N) is 2. The molecule has 2 atom stereocenters. The van der Waals surface area contributed by atoms with Gasteiger partial charge in [0.15, 0.2) is 0 Å². The third kappa shape index (κ3) is 4.28. The highest BCUT2D eigenvalue weighted by molar-refractivity contribution is 5.86. The van der Waals surface area contributed by atoms with Crippen LogP contribution in [-0.4, -0.2) is 25.0 Å². The Morgan fingerprint density at radius 2 is 1.79 bits per heavy atom. The smallest absolute Gasteiger partial charge is 0.242 e. The second-order valence-electron chi connectivity index (χ2n) is 4.39. The van der Waals surface area contributed by atoms with Crippen LogP contribution in [-0.2, 0) is 9.59 Å². The second kappa shape index (κ2) is 6.78. The van der Waals surface area contributed by atoms with E-state index in [1.165, 1.54) is 6.92 Å². The summed E-state index contributed by atoms with van der Waals surface area (Å²) in [6, 6.07) is 6.74. The summed E-state index contributed by atoms with van der Waals surface area (Å²) in [5.41, 5.74) is 0.897. The number of carbonyl (C=O) groups is 2. The van der Waals surface area contributed by atoms with Crippen LogP contribution in [0.2, 0.25) is 0 Å². The van der Waals surface area contributed by atoms with Crippen LogP contribution in [0, 0.1) is 0 Å². The van der Waals surface area contributed by atoms with Gasteiger partial charge in [0, 0.05) is 12.5 Å². The lowest BCUT2D eigenvalue weighted by Gasteiger charge is -2.20. The molecule has 0 saturated heterocycles. The van der Waals surface area contributed by atoms with Crippen molar-refractivity contribution in [2.24, 2.45) is 0 Å². The molecular formula is C14H20N2O3. The first-order valence-electron chi connectivity index (χ1n) is 6.16. The van der Waals surface area contributed by atoms with Crippen LogP contribution in [0.25, 0.3) is 0 Å². The van der Waals surface area contributed by atoms with Gasteiger partial charge in [0.25, 0.3) is 0 Å². The second-order valence-corrected chi connectivity index (χ2v) is 4.39. The fourth-order valence-corrected chi connectivity index (χ4v) is 1.81. The van der Waals surface area contributed by atoms with Crippen LogP contribution < -0.4 is 15.4 Å². The largest absolute Gasteiger partial charge is 0.496 e. The van der Waals surface area contributed by atoms with Gasteiger partial charge < -0.3 is 15.4 Å². The van der Waals surface area contributed by atoms with Crippen molar-refractivity contribution in [3.05, 3.63) is 29.8 Å². The maximum Gasteiger partial charge on any atom is 0.242 e. The van der Waals surface area contributed by atoms with Crippen molar-refractivity contribution in [2.75, 3.05) is 7.11 Å². The Hall–Kier alpha value is -2.04. The predicted molar refractivity (Wildman–Crippen MR) is 72.8 cm³/mol. The third-order valence-corrected chi connectivity index (χ3v) is 2.78. The first-order chi connectivity index (χ1) is 8.95. The summed E-state index contributed by atoms with van der Waals surface area (Å²) in [5, 5.41) is 5.39. The van der Waals surface area contributed by atoms with Gasteiger partial charge >= 0.3 is 0 Å². The lowest BCUT2D eigenvalue weighted by Crippen LogP contribution is -2.44. The molecule has 1 rings (SSSR count). The molecule has 19 heavy (non-hydrogen) atoms. The number of methoxy groups -OCH3 is 1. The van der Waals surface area contributed by atoms with Crippen LogP contribution in [0.4, 0.5) is 0 Å². The molecule has 1 aromatic carbocycles. The van der Waals surface area contributed by atoms with E-state index >= 15 is 0 Å². The minimum absolute atomic E-state index is 0.195. The Kier molecular flexibility index (Phi) is 5.36. The van der Waals surface area contributed by atoms with E-state index in [2.05, 4.69) is 10.6 Å². The van der Waals surface area contributed by atoms with E-state index < -0.39 is 6.04 Å². The fraction of sp³-hybridized carbons (Fsp3) is 0.429. The van der Waals surface area contributed by atoms with Crippen LogP contribution in [0.15, 0.2) is 24.3 Å². The SMILES string of the molecule is COc1ccccc1C(C)NC(=O)C(C)NC(C)=O. The first-order valence-corrected chi connectivity index (χ1v) is 6.16. The van der Waals surface area contributed by atoms with Crippen molar-refractivity contribution in [3.63, 3.8) is 0 Å². The van der Waals surface area contributed by atoms with Crippen LogP contribution in [0.5, 0.6) is 5.75 Å². The summed E-state index contributed by atoms with van der Waals surface area (Å²) in [4.78, 5) is 22.8. The van der Waals surface area contributed by atoms with Gasteiger partial charge in [0.1, 0.15) is 11.8 Å². The summed E-state index contributed by atoms with van der Waals surface area (Å²) in [5.74, 6) is 0.267. The van der Waals surface area contributed by atoms with Gasteiger partial charge in [-0.15, -0.1) is 0 Å². The molecule has 2 unspecified atom stereocenters. The zero-order chi connectivity index (χ0) is 14.4. The van der Waals surface area contributed by atoms with Crippen molar-refractivity contribution < 1.29 is 14.3 Å². The number of carbonyl (C=O) groups excluding carboxylic acids is 2. The molecule has 0 aliphatic rings. The standard InChI is InChI=1S/C14H20N2O3/c1-9(12-7-5-6-8-13(12)19-4)16-14(18)10(2)15-11(3)17/h5-10H,1-4H3,(H,15,17)(H,16,18). The maximum atomic E-state index is 11.9. The number of rotatable bonds is 5. The monoisotopic (exact) mass is 264 g/mol. The molecule has 2 N–H and O–H groups in total. The molecule has 0 spiro atoms. The molecule has 2 amide bonds. The highest BCUT2D eigenvalue weighted by Crippen LogP contribution is 2.24. The van der Waals surface area contributed by atoms with E-state index in [1.807, 2.05) is 31.2 Å². The van der Waals surface area contributed by atoms with Crippen LogP contribution in [0.1, 0.15) is 32.4 Å². The van der Waals surface area contributed by atoms with Gasteiger partial charge in [-0.1, -0.05) is 18.2 Å². The van der Waals surface area contributed by atoms with Crippen molar-refractivity contribution in [3.8, 4) is 5.75 Å². The van der Waals surface area contributed by atoms with E-state index in [0.717, 1.165) is 11.3 Å². The number of hydrogen-bond acceptors (Lipinski definition) is 3. The molecule has 0 bridgehead atoms. The van der Waals surface area contributed by atoms with Gasteiger partial charge in [-0.05, 0) is 19.9 Å². The zero-order valence-corrected chi connectivity index (χ0v) is 11.7. The van der Waals surface area contributed by atoms with Crippen molar-refractivity contribution in [2.45, 2.75) is 32.9 Å². The lowest BCUT2D eigenvalue weighted by atomic mass is 10.1. The van der Waals surface area contributed by atoms with E-state index in [9.17, 15) is 9.59 Å². The summed E-state index contributed by atoms with van der Waals surface area (Å²) in [6.07, 6.45) is 0.